The fourth-order valence-electron chi connectivity index (χ4n) is 2.80. The summed E-state index contributed by atoms with van der Waals surface area (Å²) in [7, 11) is 0. The number of aromatic nitrogens is 2. The lowest BCUT2D eigenvalue weighted by Gasteiger charge is -2.16. The van der Waals surface area contributed by atoms with Gasteiger partial charge in [0.2, 0.25) is 5.88 Å². The first-order valence-corrected chi connectivity index (χ1v) is 9.70. The van der Waals surface area contributed by atoms with Crippen LogP contribution in [0.3, 0.4) is 0 Å². The highest BCUT2D eigenvalue weighted by Crippen LogP contribution is 2.21. The molecule has 0 unspecified atom stereocenters. The molecule has 6 nitrogen and oxygen atoms in total. The smallest absolute Gasteiger partial charge is 0.264 e. The van der Waals surface area contributed by atoms with Crippen molar-refractivity contribution in [1.29, 1.82) is 0 Å². The fraction of sp³-hybridized carbons (Fsp3) is 0.450. The monoisotopic (exact) mass is 388 g/mol. The Kier molecular flexibility index (Phi) is 7.50. The van der Waals surface area contributed by atoms with Gasteiger partial charge in [-0.05, 0) is 48.9 Å². The number of likely N-dealkylation sites (N-methyl/N-ethyl adjacent to an activating group) is 1. The molecule has 0 fully saturated rings. The van der Waals surface area contributed by atoms with Crippen LogP contribution in [-0.4, -0.2) is 52.0 Å². The molecule has 146 valence electrons. The first-order valence-electron chi connectivity index (χ1n) is 9.29. The molecule has 1 aromatic carbocycles. The number of aliphatic imine (C=N–C) groups is 1. The lowest BCUT2D eigenvalue weighted by atomic mass is 10.0. The van der Waals surface area contributed by atoms with Crippen LogP contribution in [0.4, 0.5) is 0 Å². The quantitative estimate of drug-likeness (QED) is 0.536. The van der Waals surface area contributed by atoms with Gasteiger partial charge in [0.05, 0.1) is 12.2 Å². The maximum Gasteiger partial charge on any atom is 0.264 e. The summed E-state index contributed by atoms with van der Waals surface area (Å²) in [5.41, 5.74) is 1.54. The van der Waals surface area contributed by atoms with Crippen LogP contribution in [0.2, 0.25) is 0 Å². The number of hydrogen-bond donors (Lipinski definition) is 2. The van der Waals surface area contributed by atoms with Gasteiger partial charge < -0.3 is 10.0 Å². The summed E-state index contributed by atoms with van der Waals surface area (Å²) in [5.74, 6) is 0.206. The largest absolute Gasteiger partial charge is 0.494 e. The zero-order valence-electron chi connectivity index (χ0n) is 16.4. The zero-order valence-corrected chi connectivity index (χ0v) is 17.2. The third-order valence-corrected chi connectivity index (χ3v) is 4.88. The van der Waals surface area contributed by atoms with Crippen molar-refractivity contribution >= 4 is 18.4 Å². The van der Waals surface area contributed by atoms with E-state index in [1.165, 1.54) is 16.3 Å². The predicted molar refractivity (Wildman–Crippen MR) is 113 cm³/mol. The lowest BCUT2D eigenvalue weighted by molar-refractivity contribution is 0.313. The van der Waals surface area contributed by atoms with E-state index in [0.717, 1.165) is 19.6 Å². The minimum Gasteiger partial charge on any atom is -0.494 e. The van der Waals surface area contributed by atoms with Crippen LogP contribution in [0.1, 0.15) is 44.7 Å². The maximum atomic E-state index is 12.2. The molecule has 0 atom stereocenters. The van der Waals surface area contributed by atoms with Crippen molar-refractivity contribution in [3.05, 3.63) is 50.5 Å². The second-order valence-corrected chi connectivity index (χ2v) is 7.03. The maximum absolute atomic E-state index is 12.2. The Bertz CT molecular complexity index is 894. The van der Waals surface area contributed by atoms with E-state index >= 15 is 0 Å². The summed E-state index contributed by atoms with van der Waals surface area (Å²) in [4.78, 5) is 21.4. The molecule has 2 rings (SSSR count). The molecule has 0 saturated heterocycles. The van der Waals surface area contributed by atoms with Gasteiger partial charge in [0.15, 0.2) is 4.77 Å². The van der Waals surface area contributed by atoms with Crippen molar-refractivity contribution in [3.63, 3.8) is 0 Å². The molecule has 0 aliphatic carbocycles. The van der Waals surface area contributed by atoms with Crippen LogP contribution in [-0.2, 0) is 0 Å². The van der Waals surface area contributed by atoms with E-state index in [9.17, 15) is 9.90 Å². The third kappa shape index (κ3) is 5.14. The molecule has 0 amide bonds. The number of nitrogens with zero attached hydrogens (tertiary/aromatic N) is 3. The minimum atomic E-state index is -0.445. The lowest BCUT2D eigenvalue weighted by Crippen LogP contribution is -2.25. The van der Waals surface area contributed by atoms with Crippen LogP contribution in [0.15, 0.2) is 34.1 Å². The van der Waals surface area contributed by atoms with Gasteiger partial charge in [-0.2, -0.15) is 0 Å². The number of nitrogens with one attached hydrogen (secondary N) is 1. The van der Waals surface area contributed by atoms with Crippen molar-refractivity contribution in [2.75, 3.05) is 26.2 Å². The molecular weight excluding hydrogens is 360 g/mol. The van der Waals surface area contributed by atoms with Crippen LogP contribution in [0.25, 0.3) is 5.69 Å². The summed E-state index contributed by atoms with van der Waals surface area (Å²) in [6.07, 6.45) is 1.42. The molecular formula is C20H28N4O2S. The van der Waals surface area contributed by atoms with Crippen molar-refractivity contribution in [3.8, 4) is 11.6 Å². The number of hydrogen-bond acceptors (Lipinski definition) is 5. The summed E-state index contributed by atoms with van der Waals surface area (Å²) in [5, 5.41) is 10.7. The van der Waals surface area contributed by atoms with Gasteiger partial charge in [0.1, 0.15) is 5.56 Å². The van der Waals surface area contributed by atoms with Crippen LogP contribution in [0, 0.1) is 4.77 Å². The minimum absolute atomic E-state index is 0.107. The average Bonchev–Trinajstić information content (AvgIpc) is 2.64. The molecule has 0 aliphatic rings. The van der Waals surface area contributed by atoms with E-state index in [1.54, 1.807) is 0 Å². The van der Waals surface area contributed by atoms with Crippen molar-refractivity contribution < 1.29 is 5.11 Å². The van der Waals surface area contributed by atoms with Crippen molar-refractivity contribution in [2.24, 2.45) is 4.99 Å². The summed E-state index contributed by atoms with van der Waals surface area (Å²) < 4.78 is 1.60. The fourth-order valence-corrected chi connectivity index (χ4v) is 3.08. The average molecular weight is 389 g/mol. The molecule has 2 N–H and O–H groups in total. The Hall–Kier alpha value is -2.25. The van der Waals surface area contributed by atoms with Gasteiger partial charge in [-0.3, -0.25) is 19.3 Å². The van der Waals surface area contributed by atoms with Gasteiger partial charge in [-0.1, -0.05) is 39.8 Å². The number of aromatic amines is 1. The van der Waals surface area contributed by atoms with Gasteiger partial charge >= 0.3 is 0 Å². The Morgan fingerprint density at radius 1 is 1.26 bits per heavy atom. The topological polar surface area (TPSA) is 73.6 Å². The van der Waals surface area contributed by atoms with E-state index in [0.29, 0.717) is 18.2 Å². The van der Waals surface area contributed by atoms with Crippen molar-refractivity contribution in [2.45, 2.75) is 33.6 Å². The van der Waals surface area contributed by atoms with Crippen LogP contribution < -0.4 is 5.56 Å². The number of rotatable bonds is 8. The summed E-state index contributed by atoms with van der Waals surface area (Å²) in [6, 6.07) is 7.74. The third-order valence-electron chi connectivity index (χ3n) is 4.60. The van der Waals surface area contributed by atoms with E-state index in [1.807, 2.05) is 24.3 Å². The van der Waals surface area contributed by atoms with E-state index < -0.39 is 5.56 Å². The molecule has 1 heterocycles. The first kappa shape index (κ1) is 21.1. The molecule has 1 aromatic heterocycles. The van der Waals surface area contributed by atoms with Crippen LogP contribution in [0.5, 0.6) is 5.88 Å². The number of benzene rings is 1. The molecule has 0 bridgehead atoms. The molecule has 0 radical (unpaired) electrons. The molecule has 7 heteroatoms. The second-order valence-electron chi connectivity index (χ2n) is 6.64. The molecule has 2 aromatic rings. The Morgan fingerprint density at radius 3 is 2.44 bits per heavy atom. The van der Waals surface area contributed by atoms with E-state index in [2.05, 4.69) is 42.6 Å². The van der Waals surface area contributed by atoms with Gasteiger partial charge in [-0.15, -0.1) is 0 Å². The van der Waals surface area contributed by atoms with Gasteiger partial charge in [0, 0.05) is 12.8 Å². The number of H-pyrrole nitrogens is 1. The number of aromatic hydroxyl groups is 1. The highest BCUT2D eigenvalue weighted by Gasteiger charge is 2.13. The summed E-state index contributed by atoms with van der Waals surface area (Å²) >= 11 is 5.25. The van der Waals surface area contributed by atoms with Gasteiger partial charge in [-0.25, -0.2) is 0 Å². The van der Waals surface area contributed by atoms with E-state index in [4.69, 9.17) is 12.2 Å². The van der Waals surface area contributed by atoms with E-state index in [-0.39, 0.29) is 16.2 Å². The molecule has 0 saturated carbocycles. The SMILES string of the molecule is CCN(CC)CCN=Cc1c(O)n(-c2ccc(C(C)C)cc2)c(=S)[nH]c1=O. The standard InChI is InChI=1S/C20H28N4O2S/c1-5-23(6-2)12-11-21-13-17-18(25)22-20(27)24(19(17)26)16-9-7-15(8-10-16)14(3)4/h7-10,13-14,26H,5-6,11-12H2,1-4H3,(H,22,25,27). The Morgan fingerprint density at radius 2 is 1.89 bits per heavy atom. The Balaban J connectivity index is 2.34. The second kappa shape index (κ2) is 9.62. The Labute approximate surface area is 165 Å². The predicted octanol–water partition coefficient (Wildman–Crippen LogP) is 3.48. The van der Waals surface area contributed by atoms with Gasteiger partial charge in [0.25, 0.3) is 5.56 Å². The highest BCUT2D eigenvalue weighted by atomic mass is 32.1. The molecule has 0 aliphatic heterocycles. The normalized spacial score (nSPS) is 11.8. The molecule has 27 heavy (non-hydrogen) atoms. The first-order chi connectivity index (χ1) is 12.9. The summed E-state index contributed by atoms with van der Waals surface area (Å²) in [6.45, 7) is 11.7. The highest BCUT2D eigenvalue weighted by molar-refractivity contribution is 7.71. The van der Waals surface area contributed by atoms with Crippen LogP contribution >= 0.6 is 12.2 Å². The molecule has 0 spiro atoms. The zero-order chi connectivity index (χ0) is 20.0. The van der Waals surface area contributed by atoms with Crippen molar-refractivity contribution in [1.82, 2.24) is 14.5 Å².